The van der Waals surface area contributed by atoms with Crippen molar-refractivity contribution in [2.75, 3.05) is 5.01 Å². The van der Waals surface area contributed by atoms with Crippen LogP contribution in [0.5, 0.6) is 0 Å². The van der Waals surface area contributed by atoms with Crippen molar-refractivity contribution >= 4 is 11.4 Å². The Balaban J connectivity index is 1.93. The highest BCUT2D eigenvalue weighted by molar-refractivity contribution is 5.86. The Hall–Kier alpha value is -3.43. The summed E-state index contributed by atoms with van der Waals surface area (Å²) in [4.78, 5) is 0. The van der Waals surface area contributed by atoms with E-state index in [0.717, 1.165) is 27.9 Å². The number of rotatable bonds is 4. The molecule has 0 bridgehead atoms. The van der Waals surface area contributed by atoms with Gasteiger partial charge in [-0.05, 0) is 41.0 Å². The van der Waals surface area contributed by atoms with E-state index in [1.165, 1.54) is 5.01 Å². The van der Waals surface area contributed by atoms with Crippen molar-refractivity contribution in [3.05, 3.63) is 109 Å². The maximum atomic E-state index is 15.3. The predicted octanol–water partition coefficient (Wildman–Crippen LogP) is 6.17. The summed E-state index contributed by atoms with van der Waals surface area (Å²) in [5, 5.41) is 1.41. The zero-order valence-corrected chi connectivity index (χ0v) is 14.7. The quantitative estimate of drug-likeness (QED) is 0.351. The second kappa shape index (κ2) is 7.44. The fourth-order valence-electron chi connectivity index (χ4n) is 3.20. The number of para-hydroxylation sites is 1. The molecule has 0 saturated carbocycles. The van der Waals surface area contributed by atoms with Crippen molar-refractivity contribution < 1.29 is 4.39 Å². The van der Waals surface area contributed by atoms with Crippen molar-refractivity contribution in [1.82, 2.24) is 0 Å². The minimum absolute atomic E-state index is 0.354. The second-order valence-electron chi connectivity index (χ2n) is 6.29. The number of hydrogen-bond donors (Lipinski definition) is 1. The molecule has 3 heteroatoms. The van der Waals surface area contributed by atoms with Crippen LogP contribution in [0.15, 0.2) is 103 Å². The number of hydrazine groups is 1. The summed E-state index contributed by atoms with van der Waals surface area (Å²) >= 11 is 0. The van der Waals surface area contributed by atoms with Gasteiger partial charge < -0.3 is 0 Å². The third-order valence-electron chi connectivity index (χ3n) is 4.53. The smallest absolute Gasteiger partial charge is 0.149 e. The normalized spacial score (nSPS) is 10.6. The molecule has 4 rings (SSSR count). The van der Waals surface area contributed by atoms with E-state index >= 15 is 4.39 Å². The number of nitrogens with two attached hydrogens (primary N) is 1. The molecule has 0 aliphatic rings. The first-order valence-electron chi connectivity index (χ1n) is 8.78. The van der Waals surface area contributed by atoms with Crippen LogP contribution in [0.1, 0.15) is 0 Å². The van der Waals surface area contributed by atoms with Gasteiger partial charge in [0.05, 0.1) is 5.69 Å². The Kier molecular flexibility index (Phi) is 4.69. The topological polar surface area (TPSA) is 29.3 Å². The molecule has 0 atom stereocenters. The van der Waals surface area contributed by atoms with Crippen molar-refractivity contribution in [1.29, 1.82) is 0 Å². The van der Waals surface area contributed by atoms with Gasteiger partial charge in [-0.25, -0.2) is 10.2 Å². The number of halogens is 1. The number of anilines is 2. The van der Waals surface area contributed by atoms with Gasteiger partial charge in [-0.1, -0.05) is 78.9 Å². The van der Waals surface area contributed by atoms with Crippen LogP contribution >= 0.6 is 0 Å². The van der Waals surface area contributed by atoms with Crippen LogP contribution in [0.25, 0.3) is 22.3 Å². The minimum atomic E-state index is -0.360. The van der Waals surface area contributed by atoms with Gasteiger partial charge in [0, 0.05) is 5.56 Å². The predicted molar refractivity (Wildman–Crippen MR) is 110 cm³/mol. The van der Waals surface area contributed by atoms with Crippen LogP contribution in [0.4, 0.5) is 15.8 Å². The summed E-state index contributed by atoms with van der Waals surface area (Å²) in [6.07, 6.45) is 0. The fraction of sp³-hybridized carbons (Fsp3) is 0. The van der Waals surface area contributed by atoms with E-state index in [1.54, 1.807) is 6.07 Å². The number of nitrogens with zero attached hydrogens (tertiary/aromatic N) is 1. The van der Waals surface area contributed by atoms with Gasteiger partial charge in [-0.3, -0.25) is 5.01 Å². The lowest BCUT2D eigenvalue weighted by Crippen LogP contribution is -2.26. The lowest BCUT2D eigenvalue weighted by Gasteiger charge is -2.23. The van der Waals surface area contributed by atoms with Gasteiger partial charge in [0.2, 0.25) is 0 Å². The Morgan fingerprint density at radius 1 is 0.593 bits per heavy atom. The molecule has 0 fully saturated rings. The largest absolute Gasteiger partial charge is 0.276 e. The van der Waals surface area contributed by atoms with E-state index in [4.69, 9.17) is 5.84 Å². The van der Waals surface area contributed by atoms with E-state index in [2.05, 4.69) is 0 Å². The average Bonchev–Trinajstić information content (AvgIpc) is 2.74. The van der Waals surface area contributed by atoms with Crippen LogP contribution < -0.4 is 10.9 Å². The van der Waals surface area contributed by atoms with E-state index < -0.39 is 0 Å². The molecule has 132 valence electrons. The fourth-order valence-corrected chi connectivity index (χ4v) is 3.20. The van der Waals surface area contributed by atoms with Gasteiger partial charge in [-0.15, -0.1) is 0 Å². The molecular formula is C24H19FN2. The number of benzene rings is 4. The Bertz CT molecular complexity index is 1030. The van der Waals surface area contributed by atoms with Crippen LogP contribution in [0, 0.1) is 5.82 Å². The maximum Gasteiger partial charge on any atom is 0.149 e. The highest BCUT2D eigenvalue weighted by Crippen LogP contribution is 2.38. The molecule has 0 saturated heterocycles. The van der Waals surface area contributed by atoms with Crippen molar-refractivity contribution in [2.24, 2.45) is 5.84 Å². The third kappa shape index (κ3) is 3.46. The molecule has 0 aliphatic heterocycles. The van der Waals surface area contributed by atoms with E-state index in [-0.39, 0.29) is 5.82 Å². The lowest BCUT2D eigenvalue weighted by molar-refractivity contribution is 0.627. The lowest BCUT2D eigenvalue weighted by atomic mass is 9.96. The monoisotopic (exact) mass is 354 g/mol. The van der Waals surface area contributed by atoms with Crippen molar-refractivity contribution in [3.8, 4) is 22.3 Å². The first-order chi connectivity index (χ1) is 13.2. The SMILES string of the molecule is NN(c1ccccc1)c1c(F)cc(-c2ccccc2)cc1-c1ccccc1. The van der Waals surface area contributed by atoms with E-state index in [9.17, 15) is 0 Å². The average molecular weight is 354 g/mol. The molecule has 4 aromatic rings. The summed E-state index contributed by atoms with van der Waals surface area (Å²) in [5.74, 6) is 5.98. The Morgan fingerprint density at radius 3 is 1.70 bits per heavy atom. The molecule has 0 unspecified atom stereocenters. The molecule has 4 aromatic carbocycles. The minimum Gasteiger partial charge on any atom is -0.276 e. The highest BCUT2D eigenvalue weighted by Gasteiger charge is 2.18. The van der Waals surface area contributed by atoms with Gasteiger partial charge in [0.1, 0.15) is 11.5 Å². The maximum absolute atomic E-state index is 15.3. The highest BCUT2D eigenvalue weighted by atomic mass is 19.1. The molecule has 0 spiro atoms. The van der Waals surface area contributed by atoms with Crippen molar-refractivity contribution in [3.63, 3.8) is 0 Å². The van der Waals surface area contributed by atoms with Crippen LogP contribution in [-0.2, 0) is 0 Å². The molecule has 0 aliphatic carbocycles. The first-order valence-corrected chi connectivity index (χ1v) is 8.78. The molecule has 27 heavy (non-hydrogen) atoms. The summed E-state index contributed by atoms with van der Waals surface area (Å²) < 4.78 is 15.3. The zero-order chi connectivity index (χ0) is 18.6. The molecule has 0 amide bonds. The second-order valence-corrected chi connectivity index (χ2v) is 6.29. The molecule has 0 aromatic heterocycles. The standard InChI is InChI=1S/C24H19FN2/c25-23-17-20(18-10-4-1-5-11-18)16-22(19-12-6-2-7-13-19)24(23)27(26)21-14-8-3-9-15-21/h1-17H,26H2. The molecular weight excluding hydrogens is 335 g/mol. The summed E-state index contributed by atoms with van der Waals surface area (Å²) in [6.45, 7) is 0. The van der Waals surface area contributed by atoms with Crippen molar-refractivity contribution in [2.45, 2.75) is 0 Å². The van der Waals surface area contributed by atoms with Crippen LogP contribution in [-0.4, -0.2) is 0 Å². The van der Waals surface area contributed by atoms with Gasteiger partial charge in [0.15, 0.2) is 0 Å². The Morgan fingerprint density at radius 2 is 1.11 bits per heavy atom. The van der Waals surface area contributed by atoms with Gasteiger partial charge in [-0.2, -0.15) is 0 Å². The molecule has 2 nitrogen and oxygen atoms in total. The van der Waals surface area contributed by atoms with E-state index in [0.29, 0.717) is 5.69 Å². The van der Waals surface area contributed by atoms with Crippen LogP contribution in [0.3, 0.4) is 0 Å². The van der Waals surface area contributed by atoms with Gasteiger partial charge >= 0.3 is 0 Å². The van der Waals surface area contributed by atoms with E-state index in [1.807, 2.05) is 97.1 Å². The van der Waals surface area contributed by atoms with Crippen LogP contribution in [0.2, 0.25) is 0 Å². The molecule has 0 heterocycles. The Labute approximate surface area is 158 Å². The summed E-state index contributed by atoms with van der Waals surface area (Å²) in [7, 11) is 0. The third-order valence-corrected chi connectivity index (χ3v) is 4.53. The molecule has 0 radical (unpaired) electrons. The first kappa shape index (κ1) is 17.0. The summed E-state index contributed by atoms with van der Waals surface area (Å²) in [6, 6.07) is 32.5. The number of hydrogen-bond acceptors (Lipinski definition) is 2. The zero-order valence-electron chi connectivity index (χ0n) is 14.7. The molecule has 2 N–H and O–H groups in total. The van der Waals surface area contributed by atoms with Gasteiger partial charge in [0.25, 0.3) is 0 Å². The summed E-state index contributed by atoms with van der Waals surface area (Å²) in [5.41, 5.74) is 4.52.